The average Bonchev–Trinajstić information content (AvgIpc) is 3.28. The van der Waals surface area contributed by atoms with Crippen molar-refractivity contribution in [2.24, 2.45) is 5.92 Å². The fourth-order valence-electron chi connectivity index (χ4n) is 3.06. The van der Waals surface area contributed by atoms with E-state index in [0.717, 1.165) is 48.7 Å². The van der Waals surface area contributed by atoms with Gasteiger partial charge in [-0.05, 0) is 42.9 Å². The summed E-state index contributed by atoms with van der Waals surface area (Å²) < 4.78 is 0. The smallest absolute Gasteiger partial charge is 0.226 e. The van der Waals surface area contributed by atoms with Crippen LogP contribution in [0.2, 0.25) is 0 Å². The normalized spacial score (nSPS) is 17.3. The molecule has 1 heterocycles. The molecule has 0 bridgehead atoms. The number of anilines is 2. The summed E-state index contributed by atoms with van der Waals surface area (Å²) >= 11 is 0. The molecule has 0 unspecified atom stereocenters. The molecule has 4 heteroatoms. The summed E-state index contributed by atoms with van der Waals surface area (Å²) in [4.78, 5) is 25.7. The number of fused-ring (bicyclic) bond motifs is 1. The number of hydrogen-bond donors (Lipinski definition) is 1. The highest BCUT2D eigenvalue weighted by molar-refractivity contribution is 5.97. The fraction of sp³-hybridized carbons (Fsp3) is 0.529. The molecule has 1 aliphatic heterocycles. The minimum atomic E-state index is -0.0689. The van der Waals surface area contributed by atoms with Gasteiger partial charge in [0.15, 0.2) is 0 Å². The maximum Gasteiger partial charge on any atom is 0.226 e. The van der Waals surface area contributed by atoms with Gasteiger partial charge in [-0.2, -0.15) is 0 Å². The second kappa shape index (κ2) is 5.88. The second-order valence-electron chi connectivity index (χ2n) is 6.12. The molecule has 0 saturated heterocycles. The number of carbonyl (C=O) groups excluding carboxylic acids is 2. The minimum absolute atomic E-state index is 0.0689. The van der Waals surface area contributed by atoms with E-state index in [-0.39, 0.29) is 11.8 Å². The van der Waals surface area contributed by atoms with Crippen molar-refractivity contribution in [3.63, 3.8) is 0 Å². The molecular weight excluding hydrogens is 264 g/mol. The molecule has 3 rings (SSSR count). The van der Waals surface area contributed by atoms with Crippen molar-refractivity contribution >= 4 is 23.2 Å². The predicted molar refractivity (Wildman–Crippen MR) is 83.4 cm³/mol. The monoisotopic (exact) mass is 286 g/mol. The van der Waals surface area contributed by atoms with Gasteiger partial charge < -0.3 is 10.2 Å². The number of nitrogens with one attached hydrogen (secondary N) is 1. The molecule has 21 heavy (non-hydrogen) atoms. The summed E-state index contributed by atoms with van der Waals surface area (Å²) in [6, 6.07) is 5.82. The Morgan fingerprint density at radius 3 is 2.86 bits per heavy atom. The van der Waals surface area contributed by atoms with Gasteiger partial charge in [0.2, 0.25) is 11.8 Å². The van der Waals surface area contributed by atoms with Crippen LogP contribution >= 0.6 is 0 Å². The number of carbonyl (C=O) groups is 2. The first-order valence-electron chi connectivity index (χ1n) is 7.85. The minimum Gasteiger partial charge on any atom is -0.326 e. The van der Waals surface area contributed by atoms with Gasteiger partial charge in [0.05, 0.1) is 0 Å². The van der Waals surface area contributed by atoms with E-state index in [9.17, 15) is 9.59 Å². The fourth-order valence-corrected chi connectivity index (χ4v) is 3.06. The summed E-state index contributed by atoms with van der Waals surface area (Å²) in [5.74, 6) is 0.937. The average molecular weight is 286 g/mol. The first-order chi connectivity index (χ1) is 10.1. The lowest BCUT2D eigenvalue weighted by atomic mass is 9.99. The van der Waals surface area contributed by atoms with Gasteiger partial charge in [-0.3, -0.25) is 9.59 Å². The zero-order valence-corrected chi connectivity index (χ0v) is 12.5. The molecule has 2 amide bonds. The highest BCUT2D eigenvalue weighted by atomic mass is 16.2. The zero-order valence-electron chi connectivity index (χ0n) is 12.5. The number of benzene rings is 1. The van der Waals surface area contributed by atoms with Crippen molar-refractivity contribution in [1.82, 2.24) is 0 Å². The Morgan fingerprint density at radius 2 is 2.14 bits per heavy atom. The summed E-state index contributed by atoms with van der Waals surface area (Å²) in [5.41, 5.74) is 2.92. The van der Waals surface area contributed by atoms with Gasteiger partial charge in [-0.15, -0.1) is 0 Å². The molecule has 0 aromatic heterocycles. The number of hydrogen-bond acceptors (Lipinski definition) is 2. The molecule has 4 nitrogen and oxygen atoms in total. The van der Waals surface area contributed by atoms with E-state index >= 15 is 0 Å². The molecule has 0 radical (unpaired) electrons. The van der Waals surface area contributed by atoms with E-state index < -0.39 is 0 Å². The number of nitrogens with zero attached hydrogens (tertiary/aromatic N) is 1. The van der Waals surface area contributed by atoms with Crippen LogP contribution in [-0.2, 0) is 16.0 Å². The maximum absolute atomic E-state index is 12.5. The molecule has 1 aromatic carbocycles. The van der Waals surface area contributed by atoms with E-state index in [1.165, 1.54) is 19.8 Å². The zero-order chi connectivity index (χ0) is 14.8. The van der Waals surface area contributed by atoms with Crippen LogP contribution < -0.4 is 10.2 Å². The van der Waals surface area contributed by atoms with Crippen LogP contribution in [0.5, 0.6) is 0 Å². The lowest BCUT2D eigenvalue weighted by Crippen LogP contribution is -2.35. The summed E-state index contributed by atoms with van der Waals surface area (Å²) in [6.45, 7) is 2.31. The second-order valence-corrected chi connectivity index (χ2v) is 6.12. The van der Waals surface area contributed by atoms with Crippen LogP contribution in [-0.4, -0.2) is 18.4 Å². The van der Waals surface area contributed by atoms with Crippen molar-refractivity contribution in [1.29, 1.82) is 0 Å². The lowest BCUT2D eigenvalue weighted by molar-refractivity contribution is -0.119. The summed E-state index contributed by atoms with van der Waals surface area (Å²) in [6.07, 6.45) is 6.12. The van der Waals surface area contributed by atoms with E-state index in [1.54, 1.807) is 0 Å². The largest absolute Gasteiger partial charge is 0.326 e. The molecule has 1 saturated carbocycles. The number of amides is 2. The third-order valence-corrected chi connectivity index (χ3v) is 4.33. The van der Waals surface area contributed by atoms with Crippen molar-refractivity contribution in [3.8, 4) is 0 Å². The standard InChI is InChI=1S/C17H22N2O2/c1-12(20)18-15-5-2-6-16-14(15)4-3-11-19(16)17(21)10-9-13-7-8-13/h2,5-6,13H,3-4,7-11H2,1H3,(H,18,20). The summed E-state index contributed by atoms with van der Waals surface area (Å²) in [7, 11) is 0. The van der Waals surface area contributed by atoms with E-state index in [4.69, 9.17) is 0 Å². The Hall–Kier alpha value is -1.84. The third kappa shape index (κ3) is 3.26. The lowest BCUT2D eigenvalue weighted by Gasteiger charge is -2.31. The third-order valence-electron chi connectivity index (χ3n) is 4.33. The van der Waals surface area contributed by atoms with Crippen LogP contribution in [0.4, 0.5) is 11.4 Å². The van der Waals surface area contributed by atoms with Crippen LogP contribution in [0, 0.1) is 5.92 Å². The van der Waals surface area contributed by atoms with Gasteiger partial charge in [-0.25, -0.2) is 0 Å². The molecular formula is C17H22N2O2. The first-order valence-corrected chi connectivity index (χ1v) is 7.85. The molecule has 0 atom stereocenters. The SMILES string of the molecule is CC(=O)Nc1cccc2c1CCCN2C(=O)CCC1CC1. The molecule has 1 N–H and O–H groups in total. The first kappa shape index (κ1) is 14.1. The molecule has 2 aliphatic rings. The van der Waals surface area contributed by atoms with E-state index in [0.29, 0.717) is 6.42 Å². The molecule has 0 spiro atoms. The Morgan fingerprint density at radius 1 is 1.33 bits per heavy atom. The van der Waals surface area contributed by atoms with E-state index in [2.05, 4.69) is 5.32 Å². The highest BCUT2D eigenvalue weighted by Gasteiger charge is 2.27. The van der Waals surface area contributed by atoms with Crippen LogP contribution in [0.1, 0.15) is 44.6 Å². The van der Waals surface area contributed by atoms with Crippen molar-refractivity contribution in [2.45, 2.75) is 45.4 Å². The van der Waals surface area contributed by atoms with Gasteiger partial charge in [0.25, 0.3) is 0 Å². The Bertz CT molecular complexity index is 564. The van der Waals surface area contributed by atoms with E-state index in [1.807, 2.05) is 23.1 Å². The highest BCUT2D eigenvalue weighted by Crippen LogP contribution is 2.36. The quantitative estimate of drug-likeness (QED) is 0.924. The van der Waals surface area contributed by atoms with Gasteiger partial charge in [0.1, 0.15) is 0 Å². The van der Waals surface area contributed by atoms with Gasteiger partial charge in [0, 0.05) is 31.3 Å². The molecule has 1 fully saturated rings. The molecule has 1 aliphatic carbocycles. The van der Waals surface area contributed by atoms with Crippen molar-refractivity contribution in [3.05, 3.63) is 23.8 Å². The molecule has 112 valence electrons. The molecule has 1 aromatic rings. The van der Waals surface area contributed by atoms with Gasteiger partial charge >= 0.3 is 0 Å². The van der Waals surface area contributed by atoms with Crippen LogP contribution in [0.25, 0.3) is 0 Å². The Labute approximate surface area is 125 Å². The predicted octanol–water partition coefficient (Wildman–Crippen LogP) is 3.11. The van der Waals surface area contributed by atoms with Gasteiger partial charge in [-0.1, -0.05) is 18.9 Å². The maximum atomic E-state index is 12.5. The summed E-state index contributed by atoms with van der Waals surface area (Å²) in [5, 5.41) is 2.88. The Kier molecular flexibility index (Phi) is 3.95. The van der Waals surface area contributed by atoms with Crippen LogP contribution in [0.3, 0.4) is 0 Å². The topological polar surface area (TPSA) is 49.4 Å². The number of rotatable bonds is 4. The van der Waals surface area contributed by atoms with Crippen molar-refractivity contribution < 1.29 is 9.59 Å². The van der Waals surface area contributed by atoms with Crippen LogP contribution in [0.15, 0.2) is 18.2 Å². The Balaban J connectivity index is 1.79. The van der Waals surface area contributed by atoms with Crippen molar-refractivity contribution in [2.75, 3.05) is 16.8 Å².